The van der Waals surface area contributed by atoms with Gasteiger partial charge in [0.25, 0.3) is 0 Å². The lowest BCUT2D eigenvalue weighted by atomic mass is 10.0. The molecule has 1 fully saturated rings. The van der Waals surface area contributed by atoms with Gasteiger partial charge in [0, 0.05) is 13.0 Å². The molecule has 128 valence electrons. The third kappa shape index (κ3) is 3.79. The van der Waals surface area contributed by atoms with Crippen LogP contribution in [0, 0.1) is 6.92 Å². The normalized spacial score (nSPS) is 17.6. The number of amides is 1. The van der Waals surface area contributed by atoms with Gasteiger partial charge < -0.3 is 10.4 Å². The first-order valence-electron chi connectivity index (χ1n) is 8.36. The Bertz CT molecular complexity index is 679. The van der Waals surface area contributed by atoms with Gasteiger partial charge in [-0.1, -0.05) is 43.2 Å². The Balaban J connectivity index is 1.74. The number of carbonyl (C=O) groups is 1. The van der Waals surface area contributed by atoms with E-state index in [2.05, 4.69) is 20.8 Å². The van der Waals surface area contributed by atoms with Crippen LogP contribution in [0.15, 0.2) is 30.3 Å². The number of nitrogens with zero attached hydrogens (tertiary/aromatic N) is 4. The molecular weight excluding hydrogens is 306 g/mol. The molecule has 24 heavy (non-hydrogen) atoms. The Morgan fingerprint density at radius 1 is 1.33 bits per heavy atom. The van der Waals surface area contributed by atoms with Gasteiger partial charge in [-0.05, 0) is 35.8 Å². The van der Waals surface area contributed by atoms with Gasteiger partial charge in [0.1, 0.15) is 11.9 Å². The smallest absolute Gasteiger partial charge is 0.245 e. The summed E-state index contributed by atoms with van der Waals surface area (Å²) in [7, 11) is 0. The molecule has 3 rings (SSSR count). The second-order valence-electron chi connectivity index (χ2n) is 6.53. The Kier molecular flexibility index (Phi) is 4.89. The van der Waals surface area contributed by atoms with Crippen molar-refractivity contribution in [2.45, 2.75) is 50.7 Å². The maximum absolute atomic E-state index is 12.8. The molecule has 0 spiro atoms. The third-order valence-corrected chi connectivity index (χ3v) is 4.65. The van der Waals surface area contributed by atoms with Crippen LogP contribution in [0.5, 0.6) is 0 Å². The highest BCUT2D eigenvalue weighted by Crippen LogP contribution is 2.28. The van der Waals surface area contributed by atoms with E-state index in [1.54, 1.807) is 11.6 Å². The minimum absolute atomic E-state index is 0.172. The second kappa shape index (κ2) is 7.09. The van der Waals surface area contributed by atoms with Gasteiger partial charge in [-0.2, -0.15) is 0 Å². The summed E-state index contributed by atoms with van der Waals surface area (Å²) in [4.78, 5) is 12.8. The lowest BCUT2D eigenvalue weighted by Crippen LogP contribution is -2.44. The number of carbonyl (C=O) groups excluding carboxylic acids is 1. The first-order chi connectivity index (χ1) is 11.6. The van der Waals surface area contributed by atoms with E-state index in [-0.39, 0.29) is 12.5 Å². The number of rotatable bonds is 6. The summed E-state index contributed by atoms with van der Waals surface area (Å²) in [5.74, 6) is 0.417. The van der Waals surface area contributed by atoms with Crippen LogP contribution >= 0.6 is 0 Å². The minimum atomic E-state index is -0.775. The molecule has 1 saturated carbocycles. The molecule has 0 bridgehead atoms. The second-order valence-corrected chi connectivity index (χ2v) is 6.53. The maximum Gasteiger partial charge on any atom is 0.245 e. The van der Waals surface area contributed by atoms with Crippen molar-refractivity contribution < 1.29 is 9.90 Å². The Labute approximate surface area is 141 Å². The van der Waals surface area contributed by atoms with Crippen molar-refractivity contribution in [2.75, 3.05) is 6.54 Å². The third-order valence-electron chi connectivity index (χ3n) is 4.65. The van der Waals surface area contributed by atoms with Crippen molar-refractivity contribution >= 4 is 5.91 Å². The van der Waals surface area contributed by atoms with Crippen LogP contribution < -0.4 is 5.32 Å². The molecule has 1 aromatic carbocycles. The van der Waals surface area contributed by atoms with Crippen molar-refractivity contribution in [3.63, 3.8) is 0 Å². The van der Waals surface area contributed by atoms with Crippen LogP contribution in [-0.2, 0) is 11.2 Å². The topological polar surface area (TPSA) is 92.9 Å². The number of hydrogen-bond donors (Lipinski definition) is 2. The molecule has 0 saturated heterocycles. The van der Waals surface area contributed by atoms with Gasteiger partial charge in [-0.3, -0.25) is 4.79 Å². The molecule has 1 atom stereocenters. The van der Waals surface area contributed by atoms with Crippen LogP contribution in [0.25, 0.3) is 0 Å². The number of nitrogens with one attached hydrogen (secondary N) is 1. The molecule has 7 nitrogen and oxygen atoms in total. The Morgan fingerprint density at radius 2 is 2.04 bits per heavy atom. The molecule has 1 heterocycles. The number of aromatic nitrogens is 4. The fourth-order valence-electron chi connectivity index (χ4n) is 3.23. The van der Waals surface area contributed by atoms with Crippen LogP contribution in [0.1, 0.15) is 43.1 Å². The molecule has 7 heteroatoms. The molecule has 0 radical (unpaired) electrons. The van der Waals surface area contributed by atoms with Gasteiger partial charge in [0.15, 0.2) is 0 Å². The van der Waals surface area contributed by atoms with Gasteiger partial charge in [-0.25, -0.2) is 4.68 Å². The zero-order valence-corrected chi connectivity index (χ0v) is 13.9. The lowest BCUT2D eigenvalue weighted by Gasteiger charge is -2.24. The van der Waals surface area contributed by atoms with Crippen molar-refractivity contribution in [3.8, 4) is 0 Å². The standard InChI is InChI=1S/C17H23N5O2/c1-13-19-20-21-22(13)15(11-14-7-3-2-4-8-14)16(23)18-12-17(24)9-5-6-10-17/h2-4,7-8,15,24H,5-6,9-12H2,1H3,(H,18,23). The SMILES string of the molecule is Cc1nnnn1C(Cc1ccccc1)C(=O)NCC1(O)CCCC1. The zero-order chi connectivity index (χ0) is 17.0. The molecule has 1 unspecified atom stereocenters. The number of benzene rings is 1. The quantitative estimate of drug-likeness (QED) is 0.830. The molecule has 1 aromatic heterocycles. The van der Waals surface area contributed by atoms with Gasteiger partial charge >= 0.3 is 0 Å². The average molecular weight is 329 g/mol. The van der Waals surface area contributed by atoms with E-state index >= 15 is 0 Å². The lowest BCUT2D eigenvalue weighted by molar-refractivity contribution is -0.126. The van der Waals surface area contributed by atoms with E-state index in [0.29, 0.717) is 12.2 Å². The highest BCUT2D eigenvalue weighted by atomic mass is 16.3. The summed E-state index contributed by atoms with van der Waals surface area (Å²) < 4.78 is 1.54. The molecule has 1 aliphatic rings. The molecular formula is C17H23N5O2. The van der Waals surface area contributed by atoms with Crippen LogP contribution in [0.3, 0.4) is 0 Å². The number of aryl methyl sites for hydroxylation is 1. The number of tetrazole rings is 1. The minimum Gasteiger partial charge on any atom is -0.388 e. The predicted octanol–water partition coefficient (Wildman–Crippen LogP) is 1.19. The summed E-state index contributed by atoms with van der Waals surface area (Å²) in [5, 5.41) is 24.8. The van der Waals surface area contributed by atoms with Crippen LogP contribution in [0.2, 0.25) is 0 Å². The first-order valence-corrected chi connectivity index (χ1v) is 8.36. The van der Waals surface area contributed by atoms with E-state index in [1.807, 2.05) is 30.3 Å². The molecule has 2 N–H and O–H groups in total. The van der Waals surface area contributed by atoms with E-state index in [4.69, 9.17) is 0 Å². The fraction of sp³-hybridized carbons (Fsp3) is 0.529. The summed E-state index contributed by atoms with van der Waals surface area (Å²) >= 11 is 0. The largest absolute Gasteiger partial charge is 0.388 e. The zero-order valence-electron chi connectivity index (χ0n) is 13.9. The van der Waals surface area contributed by atoms with Gasteiger partial charge in [0.2, 0.25) is 5.91 Å². The summed E-state index contributed by atoms with van der Waals surface area (Å²) in [6.07, 6.45) is 3.98. The predicted molar refractivity (Wildman–Crippen MR) is 88.2 cm³/mol. The number of hydrogen-bond acceptors (Lipinski definition) is 5. The highest BCUT2D eigenvalue weighted by Gasteiger charge is 2.33. The van der Waals surface area contributed by atoms with Crippen molar-refractivity contribution in [1.29, 1.82) is 0 Å². The van der Waals surface area contributed by atoms with Crippen molar-refractivity contribution in [2.24, 2.45) is 0 Å². The molecule has 1 aliphatic carbocycles. The van der Waals surface area contributed by atoms with Gasteiger partial charge in [-0.15, -0.1) is 5.10 Å². The van der Waals surface area contributed by atoms with Gasteiger partial charge in [0.05, 0.1) is 5.60 Å². The Hall–Kier alpha value is -2.28. The van der Waals surface area contributed by atoms with Crippen molar-refractivity contribution in [1.82, 2.24) is 25.5 Å². The van der Waals surface area contributed by atoms with E-state index in [9.17, 15) is 9.90 Å². The molecule has 2 aromatic rings. The van der Waals surface area contributed by atoms with Crippen LogP contribution in [0.4, 0.5) is 0 Å². The van der Waals surface area contributed by atoms with E-state index < -0.39 is 11.6 Å². The number of aliphatic hydroxyl groups is 1. The first kappa shape index (κ1) is 16.6. The summed E-state index contributed by atoms with van der Waals surface area (Å²) in [6, 6.07) is 9.24. The maximum atomic E-state index is 12.8. The van der Waals surface area contributed by atoms with Crippen molar-refractivity contribution in [3.05, 3.63) is 41.7 Å². The average Bonchev–Trinajstić information content (AvgIpc) is 3.21. The van der Waals surface area contributed by atoms with E-state index in [1.165, 1.54) is 0 Å². The fourth-order valence-corrected chi connectivity index (χ4v) is 3.23. The molecule has 1 amide bonds. The monoisotopic (exact) mass is 329 g/mol. The highest BCUT2D eigenvalue weighted by molar-refractivity contribution is 5.80. The summed E-state index contributed by atoms with van der Waals surface area (Å²) in [5.41, 5.74) is 0.259. The molecule has 0 aliphatic heterocycles. The summed E-state index contributed by atoms with van der Waals surface area (Å²) in [6.45, 7) is 2.05. The Morgan fingerprint density at radius 3 is 2.67 bits per heavy atom. The van der Waals surface area contributed by atoms with Crippen LogP contribution in [-0.4, -0.2) is 43.4 Å². The van der Waals surface area contributed by atoms with E-state index in [0.717, 1.165) is 31.2 Å².